The number of aromatic nitrogens is 2. The van der Waals surface area contributed by atoms with Crippen LogP contribution in [0.25, 0.3) is 0 Å². The first-order valence-corrected chi connectivity index (χ1v) is 6.19. The highest BCUT2D eigenvalue weighted by atomic mass is 16.5. The van der Waals surface area contributed by atoms with Crippen LogP contribution in [0.4, 0.5) is 0 Å². The number of aryl methyl sites for hydroxylation is 1. The first kappa shape index (κ1) is 13.0. The van der Waals surface area contributed by atoms with E-state index in [2.05, 4.69) is 10.4 Å². The smallest absolute Gasteiger partial charge is 0.272 e. The van der Waals surface area contributed by atoms with Gasteiger partial charge in [0.05, 0.1) is 12.6 Å². The fourth-order valence-electron chi connectivity index (χ4n) is 2.01. The van der Waals surface area contributed by atoms with Crippen molar-refractivity contribution >= 4 is 5.91 Å². The minimum Gasteiger partial charge on any atom is -0.379 e. The zero-order valence-electron chi connectivity index (χ0n) is 10.8. The van der Waals surface area contributed by atoms with Crippen molar-refractivity contribution in [3.8, 4) is 0 Å². The second kappa shape index (κ2) is 5.97. The lowest BCUT2D eigenvalue weighted by atomic mass is 10.1. The van der Waals surface area contributed by atoms with E-state index in [-0.39, 0.29) is 18.1 Å². The van der Waals surface area contributed by atoms with Crippen LogP contribution in [0.15, 0.2) is 12.3 Å². The van der Waals surface area contributed by atoms with Crippen LogP contribution < -0.4 is 5.32 Å². The minimum absolute atomic E-state index is 0.0111. The summed E-state index contributed by atoms with van der Waals surface area (Å²) in [7, 11) is 1.63. The number of nitrogens with one attached hydrogen (secondary N) is 1. The van der Waals surface area contributed by atoms with Gasteiger partial charge in [0.25, 0.3) is 5.91 Å². The molecule has 6 heteroatoms. The van der Waals surface area contributed by atoms with Crippen LogP contribution in [0.5, 0.6) is 0 Å². The molecule has 1 aliphatic heterocycles. The highest BCUT2D eigenvalue weighted by Crippen LogP contribution is 2.11. The fraction of sp³-hybridized carbons (Fsp3) is 0.667. The average Bonchev–Trinajstić information content (AvgIpc) is 2.88. The number of rotatable bonds is 4. The highest BCUT2D eigenvalue weighted by molar-refractivity contribution is 5.92. The molecule has 1 aromatic heterocycles. The van der Waals surface area contributed by atoms with E-state index in [0.717, 1.165) is 13.0 Å². The summed E-state index contributed by atoms with van der Waals surface area (Å²) >= 11 is 0. The number of carbonyl (C=O) groups excluding carboxylic acids is 1. The number of hydrogen-bond donors (Lipinski definition) is 1. The Kier molecular flexibility index (Phi) is 4.33. The third kappa shape index (κ3) is 2.88. The van der Waals surface area contributed by atoms with Crippen molar-refractivity contribution in [3.05, 3.63) is 18.0 Å². The summed E-state index contributed by atoms with van der Waals surface area (Å²) in [5.41, 5.74) is 0.443. The molecule has 1 aliphatic rings. The first-order chi connectivity index (χ1) is 8.74. The van der Waals surface area contributed by atoms with Gasteiger partial charge in [0.2, 0.25) is 0 Å². The highest BCUT2D eigenvalue weighted by Gasteiger charge is 2.27. The molecule has 0 unspecified atom stereocenters. The molecule has 1 N–H and O–H groups in total. The van der Waals surface area contributed by atoms with Gasteiger partial charge in [0.15, 0.2) is 0 Å². The summed E-state index contributed by atoms with van der Waals surface area (Å²) in [6.45, 7) is 3.90. The summed E-state index contributed by atoms with van der Waals surface area (Å²) in [5.74, 6) is -0.156. The van der Waals surface area contributed by atoms with Crippen molar-refractivity contribution in [1.29, 1.82) is 0 Å². The van der Waals surface area contributed by atoms with Crippen LogP contribution in [0.1, 0.15) is 23.8 Å². The lowest BCUT2D eigenvalue weighted by Crippen LogP contribution is -2.49. The second-order valence-corrected chi connectivity index (χ2v) is 4.27. The van der Waals surface area contributed by atoms with E-state index in [0.29, 0.717) is 18.9 Å². The Hall–Kier alpha value is -1.40. The Labute approximate surface area is 106 Å². The second-order valence-electron chi connectivity index (χ2n) is 4.27. The van der Waals surface area contributed by atoms with Gasteiger partial charge in [-0.1, -0.05) is 0 Å². The molecule has 6 nitrogen and oxygen atoms in total. The molecule has 1 saturated heterocycles. The van der Waals surface area contributed by atoms with E-state index in [1.165, 1.54) is 0 Å². The maximum absolute atomic E-state index is 12.0. The minimum atomic E-state index is -0.156. The summed E-state index contributed by atoms with van der Waals surface area (Å²) in [6, 6.07) is 1.71. The number of hydrogen-bond acceptors (Lipinski definition) is 4. The Balaban J connectivity index is 1.97. The molecule has 18 heavy (non-hydrogen) atoms. The summed E-state index contributed by atoms with van der Waals surface area (Å²) in [4.78, 5) is 12.0. The predicted molar refractivity (Wildman–Crippen MR) is 65.4 cm³/mol. The van der Waals surface area contributed by atoms with Crippen molar-refractivity contribution < 1.29 is 14.3 Å². The first-order valence-electron chi connectivity index (χ1n) is 6.19. The maximum atomic E-state index is 12.0. The van der Waals surface area contributed by atoms with Crippen LogP contribution in [0.3, 0.4) is 0 Å². The molecule has 2 rings (SSSR count). The molecule has 1 fully saturated rings. The standard InChI is InChI=1S/C12H19N3O3/c1-3-15-6-4-10(14-15)12(16)13-9-5-7-18-8-11(9)17-2/h4,6,9,11H,3,5,7-8H2,1-2H3,(H,13,16)/t9-,11-/m1/s1. The number of methoxy groups -OCH3 is 1. The normalized spacial score (nSPS) is 23.9. The molecular formula is C12H19N3O3. The Bertz CT molecular complexity index is 405. The van der Waals surface area contributed by atoms with E-state index in [9.17, 15) is 4.79 Å². The average molecular weight is 253 g/mol. The van der Waals surface area contributed by atoms with Crippen LogP contribution >= 0.6 is 0 Å². The third-order valence-corrected chi connectivity index (χ3v) is 3.12. The van der Waals surface area contributed by atoms with Crippen molar-refractivity contribution in [2.75, 3.05) is 20.3 Å². The lowest BCUT2D eigenvalue weighted by molar-refractivity contribution is -0.0479. The summed E-state index contributed by atoms with van der Waals surface area (Å²) in [5, 5.41) is 7.13. The summed E-state index contributed by atoms with van der Waals surface area (Å²) < 4.78 is 12.3. The maximum Gasteiger partial charge on any atom is 0.272 e. The van der Waals surface area contributed by atoms with Crippen molar-refractivity contribution in [1.82, 2.24) is 15.1 Å². The van der Waals surface area contributed by atoms with Crippen LogP contribution in [0, 0.1) is 0 Å². The molecule has 1 aromatic rings. The van der Waals surface area contributed by atoms with E-state index >= 15 is 0 Å². The van der Waals surface area contributed by atoms with Crippen LogP contribution in [-0.2, 0) is 16.0 Å². The van der Waals surface area contributed by atoms with Gasteiger partial charge in [0.1, 0.15) is 11.8 Å². The largest absolute Gasteiger partial charge is 0.379 e. The van der Waals surface area contributed by atoms with Gasteiger partial charge < -0.3 is 14.8 Å². The monoisotopic (exact) mass is 253 g/mol. The van der Waals surface area contributed by atoms with Crippen LogP contribution in [0.2, 0.25) is 0 Å². The Morgan fingerprint density at radius 2 is 2.56 bits per heavy atom. The fourth-order valence-corrected chi connectivity index (χ4v) is 2.01. The third-order valence-electron chi connectivity index (χ3n) is 3.12. The van der Waals surface area contributed by atoms with E-state index in [1.807, 2.05) is 6.92 Å². The molecule has 0 spiro atoms. The molecule has 0 radical (unpaired) electrons. The molecule has 100 valence electrons. The van der Waals surface area contributed by atoms with Crippen molar-refractivity contribution in [2.24, 2.45) is 0 Å². The lowest BCUT2D eigenvalue weighted by Gasteiger charge is -2.30. The molecule has 1 amide bonds. The molecular weight excluding hydrogens is 234 g/mol. The molecule has 2 heterocycles. The quantitative estimate of drug-likeness (QED) is 0.845. The van der Waals surface area contributed by atoms with Gasteiger partial charge in [-0.2, -0.15) is 5.10 Å². The van der Waals surface area contributed by atoms with Gasteiger partial charge >= 0.3 is 0 Å². The topological polar surface area (TPSA) is 65.4 Å². The molecule has 2 atom stereocenters. The Morgan fingerprint density at radius 1 is 1.72 bits per heavy atom. The van der Waals surface area contributed by atoms with Gasteiger partial charge in [-0.05, 0) is 19.4 Å². The molecule has 0 aromatic carbocycles. The molecule has 0 aliphatic carbocycles. The van der Waals surface area contributed by atoms with E-state index in [4.69, 9.17) is 9.47 Å². The SMILES string of the molecule is CCn1ccc(C(=O)N[C@@H]2CCOC[C@H]2OC)n1. The number of ether oxygens (including phenoxy) is 2. The number of amides is 1. The van der Waals surface area contributed by atoms with Crippen molar-refractivity contribution in [3.63, 3.8) is 0 Å². The number of carbonyl (C=O) groups is 1. The van der Waals surface area contributed by atoms with E-state index < -0.39 is 0 Å². The Morgan fingerprint density at radius 3 is 3.22 bits per heavy atom. The molecule has 0 bridgehead atoms. The van der Waals surface area contributed by atoms with Gasteiger partial charge in [-0.25, -0.2) is 0 Å². The van der Waals surface area contributed by atoms with E-state index in [1.54, 1.807) is 24.1 Å². The van der Waals surface area contributed by atoms with Crippen molar-refractivity contribution in [2.45, 2.75) is 32.0 Å². The number of nitrogens with zero attached hydrogens (tertiary/aromatic N) is 2. The zero-order chi connectivity index (χ0) is 13.0. The molecule has 0 saturated carbocycles. The predicted octanol–water partition coefficient (Wildman–Crippen LogP) is 0.437. The van der Waals surface area contributed by atoms with Crippen LogP contribution in [-0.4, -0.2) is 48.2 Å². The van der Waals surface area contributed by atoms with Gasteiger partial charge in [0, 0.05) is 26.5 Å². The summed E-state index contributed by atoms with van der Waals surface area (Å²) in [6.07, 6.45) is 2.47. The zero-order valence-corrected chi connectivity index (χ0v) is 10.8. The van der Waals surface area contributed by atoms with Gasteiger partial charge in [-0.3, -0.25) is 9.48 Å². The van der Waals surface area contributed by atoms with Gasteiger partial charge in [-0.15, -0.1) is 0 Å².